The lowest BCUT2D eigenvalue weighted by molar-refractivity contribution is 0.0939. The normalized spacial score (nSPS) is 24.0. The van der Waals surface area contributed by atoms with Crippen molar-refractivity contribution in [3.05, 3.63) is 117 Å². The smallest absolute Gasteiger partial charge is 0.0708 e. The number of halogens is 2. The van der Waals surface area contributed by atoms with Gasteiger partial charge in [-0.3, -0.25) is 0 Å². The van der Waals surface area contributed by atoms with Crippen LogP contribution in [0.1, 0.15) is 36.8 Å². The summed E-state index contributed by atoms with van der Waals surface area (Å²) in [6.45, 7) is 9.36. The average molecular weight is 734 g/mol. The Morgan fingerprint density at radius 1 is 0.519 bits per heavy atom. The molecule has 6 nitrogen and oxygen atoms in total. The first-order valence-electron chi connectivity index (χ1n) is 19.1. The number of piperidine rings is 2. The second-order valence-corrected chi connectivity index (χ2v) is 15.3. The van der Waals surface area contributed by atoms with Crippen LogP contribution in [0, 0.1) is 11.8 Å². The van der Waals surface area contributed by atoms with Crippen LogP contribution in [-0.4, -0.2) is 84.0 Å². The molecule has 2 aromatic rings. The van der Waals surface area contributed by atoms with Gasteiger partial charge in [0.25, 0.3) is 0 Å². The van der Waals surface area contributed by atoms with E-state index < -0.39 is 0 Å². The highest BCUT2D eigenvalue weighted by Crippen LogP contribution is 2.33. The Labute approximate surface area is 320 Å². The Balaban J connectivity index is 0.00000193. The molecule has 0 spiro atoms. The molecule has 52 heavy (non-hydrogen) atoms. The molecular formula is C44H50Cl2N6. The van der Waals surface area contributed by atoms with E-state index in [2.05, 4.69) is 140 Å². The van der Waals surface area contributed by atoms with E-state index in [1.54, 1.807) is 0 Å². The maximum absolute atomic E-state index is 3.70. The molecule has 0 bridgehead atoms. The number of hydrogen-bond acceptors (Lipinski definition) is 6. The lowest BCUT2D eigenvalue weighted by Crippen LogP contribution is -2.43. The molecule has 0 saturated carbocycles. The molecule has 2 unspecified atom stereocenters. The maximum atomic E-state index is 3.70. The minimum atomic E-state index is 0. The van der Waals surface area contributed by atoms with E-state index in [0.717, 1.165) is 38.0 Å². The third-order valence-corrected chi connectivity index (χ3v) is 12.6. The molecule has 6 heterocycles. The van der Waals surface area contributed by atoms with Crippen LogP contribution < -0.4 is 31.5 Å². The van der Waals surface area contributed by atoms with Crippen molar-refractivity contribution in [2.75, 3.05) is 63.0 Å². The van der Waals surface area contributed by atoms with Gasteiger partial charge in [0.05, 0.1) is 12.1 Å². The third kappa shape index (κ3) is 6.49. The summed E-state index contributed by atoms with van der Waals surface area (Å²) in [5.41, 5.74) is 7.97. The average Bonchev–Trinajstić information content (AvgIpc) is 3.76. The van der Waals surface area contributed by atoms with Crippen LogP contribution in [-0.2, 0) is 0 Å². The van der Waals surface area contributed by atoms with Crippen LogP contribution in [0.15, 0.2) is 85.3 Å². The summed E-state index contributed by atoms with van der Waals surface area (Å²) in [4.78, 5) is 10.3. The van der Waals surface area contributed by atoms with Gasteiger partial charge in [0.1, 0.15) is 0 Å². The van der Waals surface area contributed by atoms with Crippen molar-refractivity contribution in [1.29, 1.82) is 0 Å². The number of anilines is 2. The van der Waals surface area contributed by atoms with E-state index in [1.807, 2.05) is 0 Å². The number of hydrogen-bond donors (Lipinski definition) is 2. The number of likely N-dealkylation sites (tertiary alicyclic amines) is 2. The van der Waals surface area contributed by atoms with Crippen molar-refractivity contribution in [2.45, 2.75) is 37.8 Å². The fourth-order valence-corrected chi connectivity index (χ4v) is 9.71. The van der Waals surface area contributed by atoms with Gasteiger partial charge in [-0.25, -0.2) is 0 Å². The van der Waals surface area contributed by atoms with Gasteiger partial charge in [-0.15, -0.1) is 24.8 Å². The van der Waals surface area contributed by atoms with Gasteiger partial charge in [0, 0.05) is 83.2 Å². The molecule has 0 radical (unpaired) electrons. The van der Waals surface area contributed by atoms with Gasteiger partial charge in [-0.2, -0.15) is 0 Å². The van der Waals surface area contributed by atoms with Crippen LogP contribution in [0.3, 0.4) is 0 Å². The standard InChI is InChI=1S/C44H48N6.2ClH/c1-3-7-39-35(5-1)43-37-29-49(23-17-33(37)9-11-41(43)45-39)27-25-47-19-13-31(14-20-47)32-15-21-48(22-16-32)26-28-50-24-18-34-10-12-42-44(38(34)30-50)36-6-2-4-8-40(36)46-42;;/h1-12,17-18,23-24,29-32,39-40,45-46H,13-16,19-22,25-28H2;2*1H. The highest BCUT2D eigenvalue weighted by Gasteiger charge is 2.30. The topological polar surface area (TPSA) is 37.0 Å². The monoisotopic (exact) mass is 732 g/mol. The van der Waals surface area contributed by atoms with Crippen LogP contribution in [0.4, 0.5) is 11.4 Å². The van der Waals surface area contributed by atoms with Gasteiger partial charge < -0.3 is 30.2 Å². The van der Waals surface area contributed by atoms with Crippen LogP contribution >= 0.6 is 24.8 Å². The Hall–Kier alpha value is -3.94. The second kappa shape index (κ2) is 14.8. The Bertz CT molecular complexity index is 1990. The fraction of sp³-hybridized carbons (Fsp3) is 0.364. The molecule has 8 heteroatoms. The van der Waals surface area contributed by atoms with Gasteiger partial charge in [-0.1, -0.05) is 60.7 Å². The molecule has 10 rings (SSSR count). The zero-order chi connectivity index (χ0) is 33.0. The summed E-state index contributed by atoms with van der Waals surface area (Å²) in [6, 6.07) is 9.62. The van der Waals surface area contributed by atoms with Crippen molar-refractivity contribution in [1.82, 2.24) is 19.6 Å². The molecule has 2 aliphatic carbocycles. The van der Waals surface area contributed by atoms with Crippen molar-refractivity contribution in [3.8, 4) is 0 Å². The summed E-state index contributed by atoms with van der Waals surface area (Å²) in [5, 5.41) is 12.9. The summed E-state index contributed by atoms with van der Waals surface area (Å²) in [7, 11) is 0. The first kappa shape index (κ1) is 35.1. The number of nitrogens with zero attached hydrogens (tertiary/aromatic N) is 4. The lowest BCUT2D eigenvalue weighted by atomic mass is 9.79. The molecule has 6 aliphatic heterocycles. The molecule has 2 N–H and O–H groups in total. The van der Waals surface area contributed by atoms with Crippen molar-refractivity contribution >= 4 is 71.9 Å². The van der Waals surface area contributed by atoms with Crippen LogP contribution in [0.25, 0.3) is 35.7 Å². The van der Waals surface area contributed by atoms with E-state index in [0.29, 0.717) is 12.1 Å². The molecule has 2 saturated heterocycles. The van der Waals surface area contributed by atoms with E-state index in [1.165, 1.54) is 106 Å². The minimum absolute atomic E-state index is 0. The third-order valence-electron chi connectivity index (χ3n) is 12.6. The zero-order valence-electron chi connectivity index (χ0n) is 29.8. The molecule has 2 atom stereocenters. The van der Waals surface area contributed by atoms with Gasteiger partial charge in [0.2, 0.25) is 0 Å². The molecule has 270 valence electrons. The Morgan fingerprint density at radius 3 is 1.40 bits per heavy atom. The number of nitrogens with one attached hydrogen (secondary N) is 2. The molecule has 2 aromatic carbocycles. The van der Waals surface area contributed by atoms with Crippen LogP contribution in [0.5, 0.6) is 0 Å². The molecule has 2 fully saturated rings. The molecule has 8 aliphatic rings. The Kier molecular flexibility index (Phi) is 10.0. The minimum Gasteiger partial charge on any atom is -0.374 e. The first-order chi connectivity index (χ1) is 24.7. The van der Waals surface area contributed by atoms with Gasteiger partial charge in [-0.05, 0) is 110 Å². The van der Waals surface area contributed by atoms with E-state index in [-0.39, 0.29) is 24.8 Å². The van der Waals surface area contributed by atoms with E-state index in [9.17, 15) is 0 Å². The van der Waals surface area contributed by atoms with Crippen molar-refractivity contribution in [3.63, 3.8) is 0 Å². The van der Waals surface area contributed by atoms with E-state index >= 15 is 0 Å². The van der Waals surface area contributed by atoms with Crippen molar-refractivity contribution < 1.29 is 0 Å². The highest BCUT2D eigenvalue weighted by molar-refractivity contribution is 5.86. The van der Waals surface area contributed by atoms with E-state index in [4.69, 9.17) is 0 Å². The zero-order valence-corrected chi connectivity index (χ0v) is 31.4. The molecule has 0 amide bonds. The number of rotatable bonds is 7. The molecule has 0 aromatic heterocycles. The highest BCUT2D eigenvalue weighted by atomic mass is 35.5. The predicted octanol–water partition coefficient (Wildman–Crippen LogP) is 4.84. The predicted molar refractivity (Wildman–Crippen MR) is 223 cm³/mol. The lowest BCUT2D eigenvalue weighted by Gasteiger charge is -2.40. The van der Waals surface area contributed by atoms with Gasteiger partial charge >= 0.3 is 0 Å². The Morgan fingerprint density at radius 2 is 0.962 bits per heavy atom. The number of fused-ring (bicyclic) bond motifs is 8. The molecular weight excluding hydrogens is 683 g/mol. The summed E-state index contributed by atoms with van der Waals surface area (Å²) in [5.74, 6) is 1.80. The van der Waals surface area contributed by atoms with Gasteiger partial charge in [0.15, 0.2) is 0 Å². The summed E-state index contributed by atoms with van der Waals surface area (Å²) >= 11 is 0. The quantitative estimate of drug-likeness (QED) is 0.425. The first-order valence-corrected chi connectivity index (χ1v) is 19.1. The second-order valence-electron chi connectivity index (χ2n) is 15.3. The number of allylic oxidation sites excluding steroid dienone is 4. The van der Waals surface area contributed by atoms with Crippen molar-refractivity contribution in [2.24, 2.45) is 11.8 Å². The SMILES string of the molecule is C1=CC2=c3c(ccc4c3=CN(CCN3CCC(C5CCN(CCN6C=Cc7ccc8c(c7=C6)=C6C=CC=CC6N8)CC5)CC3)C=C4)NC2C=C1.Cl.Cl. The number of benzene rings is 2. The summed E-state index contributed by atoms with van der Waals surface area (Å²) < 4.78 is 0. The maximum Gasteiger partial charge on any atom is 0.0708 e. The largest absolute Gasteiger partial charge is 0.374 e. The fourth-order valence-electron chi connectivity index (χ4n) is 9.71. The van der Waals surface area contributed by atoms with Crippen LogP contribution in [0.2, 0.25) is 0 Å². The summed E-state index contributed by atoms with van der Waals surface area (Å²) in [6.07, 6.45) is 37.1.